The van der Waals surface area contributed by atoms with Gasteiger partial charge >= 0.3 is 9.28 Å². The van der Waals surface area contributed by atoms with E-state index in [9.17, 15) is 0 Å². The van der Waals surface area contributed by atoms with Crippen LogP contribution in [0.4, 0.5) is 0 Å². The van der Waals surface area contributed by atoms with Crippen molar-refractivity contribution in [2.24, 2.45) is 0 Å². The van der Waals surface area contributed by atoms with Gasteiger partial charge in [-0.1, -0.05) is 18.9 Å². The first-order chi connectivity index (χ1) is 6.83. The van der Waals surface area contributed by atoms with Crippen molar-refractivity contribution in [2.75, 3.05) is 14.2 Å². The Hall–Kier alpha value is -0.123. The van der Waals surface area contributed by atoms with Gasteiger partial charge in [-0.3, -0.25) is 0 Å². The molecule has 0 fully saturated rings. The lowest BCUT2D eigenvalue weighted by molar-refractivity contribution is 0.286. The van der Waals surface area contributed by atoms with Crippen molar-refractivity contribution in [3.63, 3.8) is 0 Å². The Bertz CT molecular complexity index is 197. The van der Waals surface area contributed by atoms with Crippen LogP contribution in [-0.4, -0.2) is 23.5 Å². The maximum Gasteiger partial charge on any atom is 0.351 e. The fraction of sp³-hybridized carbons (Fsp3) is 0.818. The predicted molar refractivity (Wildman–Crippen MR) is 61.6 cm³/mol. The molecule has 0 bridgehead atoms. The summed E-state index contributed by atoms with van der Waals surface area (Å²) in [6, 6.07) is 0. The van der Waals surface area contributed by atoms with Crippen molar-refractivity contribution in [3.05, 3.63) is 10.8 Å². The summed E-state index contributed by atoms with van der Waals surface area (Å²) in [5.74, 6) is 0. The lowest BCUT2D eigenvalue weighted by atomic mass is 10.1. The molecule has 0 aliphatic heterocycles. The van der Waals surface area contributed by atoms with Crippen LogP contribution in [0.2, 0.25) is 0 Å². The largest absolute Gasteiger partial charge is 0.397 e. The third-order valence-corrected chi connectivity index (χ3v) is 5.05. The average molecular weight is 214 g/mol. The Morgan fingerprint density at radius 3 is 2.50 bits per heavy atom. The minimum Gasteiger partial charge on any atom is -0.397 e. The SMILES string of the molecule is CCCCC1=C([SiH](OC)OC)CCC1. The van der Waals surface area contributed by atoms with E-state index in [1.165, 1.54) is 38.5 Å². The summed E-state index contributed by atoms with van der Waals surface area (Å²) in [5.41, 5.74) is 1.65. The summed E-state index contributed by atoms with van der Waals surface area (Å²) in [7, 11) is 2.10. The number of hydrogen-bond donors (Lipinski definition) is 0. The second-order valence-electron chi connectivity index (χ2n) is 3.89. The van der Waals surface area contributed by atoms with Crippen molar-refractivity contribution in [3.8, 4) is 0 Å². The molecule has 0 amide bonds. The highest BCUT2D eigenvalue weighted by Crippen LogP contribution is 2.31. The van der Waals surface area contributed by atoms with E-state index in [4.69, 9.17) is 8.85 Å². The molecule has 1 aliphatic carbocycles. The molecule has 0 heterocycles. The first kappa shape index (κ1) is 11.9. The summed E-state index contributed by atoms with van der Waals surface area (Å²) < 4.78 is 10.9. The van der Waals surface area contributed by atoms with Crippen LogP contribution >= 0.6 is 0 Å². The van der Waals surface area contributed by atoms with E-state index in [0.717, 1.165) is 0 Å². The molecule has 1 rings (SSSR count). The van der Waals surface area contributed by atoms with Gasteiger partial charge in [-0.2, -0.15) is 0 Å². The molecule has 0 N–H and O–H groups in total. The quantitative estimate of drug-likeness (QED) is 0.633. The maximum absolute atomic E-state index is 5.45. The number of unbranched alkanes of at least 4 members (excludes halogenated alkanes) is 1. The highest BCUT2D eigenvalue weighted by Gasteiger charge is 2.24. The zero-order chi connectivity index (χ0) is 10.4. The van der Waals surface area contributed by atoms with Crippen LogP contribution < -0.4 is 0 Å². The third kappa shape index (κ3) is 2.94. The van der Waals surface area contributed by atoms with Crippen LogP contribution in [0.1, 0.15) is 45.4 Å². The van der Waals surface area contributed by atoms with Crippen LogP contribution in [0.5, 0.6) is 0 Å². The monoisotopic (exact) mass is 214 g/mol. The summed E-state index contributed by atoms with van der Waals surface area (Å²) >= 11 is 0. The number of hydrogen-bond acceptors (Lipinski definition) is 2. The van der Waals surface area contributed by atoms with Crippen molar-refractivity contribution in [1.82, 2.24) is 0 Å². The van der Waals surface area contributed by atoms with E-state index in [1.54, 1.807) is 25.0 Å². The normalized spacial score (nSPS) is 17.1. The first-order valence-corrected chi connectivity index (χ1v) is 7.11. The molecule has 0 aromatic rings. The molecule has 0 unspecified atom stereocenters. The maximum atomic E-state index is 5.45. The first-order valence-electron chi connectivity index (χ1n) is 5.59. The van der Waals surface area contributed by atoms with Gasteiger partial charge in [0.25, 0.3) is 0 Å². The summed E-state index contributed by atoms with van der Waals surface area (Å²) in [6.45, 7) is 2.25. The van der Waals surface area contributed by atoms with Gasteiger partial charge in [-0.05, 0) is 37.3 Å². The number of rotatable bonds is 6. The van der Waals surface area contributed by atoms with Crippen molar-refractivity contribution in [2.45, 2.75) is 45.4 Å². The van der Waals surface area contributed by atoms with Crippen molar-refractivity contribution in [1.29, 1.82) is 0 Å². The minimum absolute atomic E-state index is 1.22. The molecule has 0 saturated heterocycles. The van der Waals surface area contributed by atoms with Gasteiger partial charge in [0, 0.05) is 14.2 Å². The Morgan fingerprint density at radius 2 is 1.93 bits per heavy atom. The van der Waals surface area contributed by atoms with Gasteiger partial charge in [0.05, 0.1) is 0 Å². The van der Waals surface area contributed by atoms with Gasteiger partial charge in [0.2, 0.25) is 0 Å². The predicted octanol–water partition coefficient (Wildman–Crippen LogP) is 2.71. The Kier molecular flexibility index (Phi) is 5.44. The lowest BCUT2D eigenvalue weighted by Gasteiger charge is -2.14. The van der Waals surface area contributed by atoms with Gasteiger partial charge < -0.3 is 8.85 Å². The minimum atomic E-state index is -1.47. The Labute approximate surface area is 89.1 Å². The number of allylic oxidation sites excluding steroid dienone is 2. The molecule has 0 aromatic heterocycles. The summed E-state index contributed by atoms with van der Waals surface area (Å²) in [5, 5.41) is 1.54. The smallest absolute Gasteiger partial charge is 0.351 e. The van der Waals surface area contributed by atoms with E-state index in [0.29, 0.717) is 0 Å². The van der Waals surface area contributed by atoms with E-state index < -0.39 is 9.28 Å². The van der Waals surface area contributed by atoms with E-state index in [-0.39, 0.29) is 0 Å². The van der Waals surface area contributed by atoms with Crippen LogP contribution in [0.3, 0.4) is 0 Å². The molecule has 3 heteroatoms. The lowest BCUT2D eigenvalue weighted by Crippen LogP contribution is -2.22. The van der Waals surface area contributed by atoms with E-state index >= 15 is 0 Å². The van der Waals surface area contributed by atoms with Crippen LogP contribution in [0.25, 0.3) is 0 Å². The van der Waals surface area contributed by atoms with Gasteiger partial charge in [-0.15, -0.1) is 0 Å². The molecule has 2 nitrogen and oxygen atoms in total. The van der Waals surface area contributed by atoms with E-state index in [1.807, 2.05) is 0 Å². The molecule has 0 aromatic carbocycles. The van der Waals surface area contributed by atoms with Gasteiger partial charge in [0.1, 0.15) is 0 Å². The molecule has 0 atom stereocenters. The van der Waals surface area contributed by atoms with Gasteiger partial charge in [0.15, 0.2) is 0 Å². The zero-order valence-electron chi connectivity index (χ0n) is 9.64. The molecule has 82 valence electrons. The highest BCUT2D eigenvalue weighted by atomic mass is 28.3. The standard InChI is InChI=1S/C11H22O2Si/c1-4-5-7-10-8-6-9-11(10)14(12-2)13-3/h14H,4-9H2,1-3H3. The molecule has 1 aliphatic rings. The van der Waals surface area contributed by atoms with Gasteiger partial charge in [-0.25, -0.2) is 0 Å². The highest BCUT2D eigenvalue weighted by molar-refractivity contribution is 6.53. The fourth-order valence-corrected chi connectivity index (χ4v) is 3.99. The molecule has 0 saturated carbocycles. The van der Waals surface area contributed by atoms with Crippen LogP contribution in [0, 0.1) is 0 Å². The van der Waals surface area contributed by atoms with Crippen LogP contribution in [-0.2, 0) is 8.85 Å². The second kappa shape index (κ2) is 6.38. The Morgan fingerprint density at radius 1 is 1.21 bits per heavy atom. The van der Waals surface area contributed by atoms with Crippen molar-refractivity contribution < 1.29 is 8.85 Å². The van der Waals surface area contributed by atoms with Crippen LogP contribution in [0.15, 0.2) is 10.8 Å². The molecular formula is C11H22O2Si. The summed E-state index contributed by atoms with van der Waals surface area (Å²) in [4.78, 5) is 0. The zero-order valence-corrected chi connectivity index (χ0v) is 10.8. The third-order valence-electron chi connectivity index (χ3n) is 2.92. The molecule has 0 spiro atoms. The molecule has 0 radical (unpaired) electrons. The average Bonchev–Trinajstić information content (AvgIpc) is 2.65. The second-order valence-corrected chi connectivity index (χ2v) is 6.19. The fourth-order valence-electron chi connectivity index (χ4n) is 2.17. The Balaban J connectivity index is 2.60. The van der Waals surface area contributed by atoms with Crippen molar-refractivity contribution >= 4 is 9.28 Å². The summed E-state index contributed by atoms with van der Waals surface area (Å²) in [6.07, 6.45) is 7.67. The molecular weight excluding hydrogens is 192 g/mol. The van der Waals surface area contributed by atoms with E-state index in [2.05, 4.69) is 6.92 Å². The topological polar surface area (TPSA) is 18.5 Å². The molecule has 14 heavy (non-hydrogen) atoms.